The molecule has 0 spiro atoms. The van der Waals surface area contributed by atoms with Gasteiger partial charge in [0.1, 0.15) is 17.2 Å². The number of nitrogens with two attached hydrogens (primary N) is 1. The number of halogens is 3. The summed E-state index contributed by atoms with van der Waals surface area (Å²) in [6.45, 7) is 1.92. The van der Waals surface area contributed by atoms with Gasteiger partial charge in [-0.2, -0.15) is 13.2 Å². The number of rotatable bonds is 7. The number of carbonyl (C=O) groups excluding carboxylic acids is 1. The summed E-state index contributed by atoms with van der Waals surface area (Å²) in [4.78, 5) is 17.7. The van der Waals surface area contributed by atoms with Gasteiger partial charge < -0.3 is 15.8 Å². The van der Waals surface area contributed by atoms with Crippen LogP contribution in [0.4, 0.5) is 13.2 Å². The topological polar surface area (TPSA) is 80.5 Å². The summed E-state index contributed by atoms with van der Waals surface area (Å²) in [6, 6.07) is 15.8. The van der Waals surface area contributed by atoms with Crippen molar-refractivity contribution in [3.63, 3.8) is 0 Å². The van der Waals surface area contributed by atoms with Crippen LogP contribution in [-0.4, -0.2) is 42.0 Å². The van der Waals surface area contributed by atoms with Gasteiger partial charge >= 0.3 is 6.18 Å². The third kappa shape index (κ3) is 5.55. The van der Waals surface area contributed by atoms with E-state index in [1.807, 2.05) is 7.05 Å². The van der Waals surface area contributed by atoms with Crippen molar-refractivity contribution >= 4 is 5.91 Å². The summed E-state index contributed by atoms with van der Waals surface area (Å²) in [5, 5.41) is 3.21. The van der Waals surface area contributed by atoms with Crippen LogP contribution in [0.5, 0.6) is 11.5 Å². The second kappa shape index (κ2) is 9.82. The lowest BCUT2D eigenvalue weighted by Gasteiger charge is -2.20. The van der Waals surface area contributed by atoms with E-state index in [0.29, 0.717) is 35.3 Å². The van der Waals surface area contributed by atoms with Crippen LogP contribution in [0, 0.1) is 0 Å². The fraction of sp³-hybridized carbons (Fsp3) is 0.280. The van der Waals surface area contributed by atoms with E-state index in [4.69, 9.17) is 10.5 Å². The van der Waals surface area contributed by atoms with Crippen molar-refractivity contribution < 1.29 is 22.7 Å². The van der Waals surface area contributed by atoms with Gasteiger partial charge in [0.25, 0.3) is 5.91 Å². The average Bonchev–Trinajstić information content (AvgIpc) is 3.27. The van der Waals surface area contributed by atoms with Gasteiger partial charge in [-0.25, -0.2) is 4.98 Å². The second-order valence-corrected chi connectivity index (χ2v) is 8.23. The molecule has 2 heterocycles. The number of aromatic nitrogens is 1. The van der Waals surface area contributed by atoms with E-state index >= 15 is 0 Å². The van der Waals surface area contributed by atoms with Gasteiger partial charge in [0.15, 0.2) is 0 Å². The number of benzene rings is 2. The molecule has 2 aromatic carbocycles. The predicted octanol–water partition coefficient (Wildman–Crippen LogP) is 4.45. The highest BCUT2D eigenvalue weighted by molar-refractivity contribution is 5.91. The maximum atomic E-state index is 13.3. The minimum Gasteiger partial charge on any atom is -0.457 e. The fourth-order valence-electron chi connectivity index (χ4n) is 3.99. The highest BCUT2D eigenvalue weighted by atomic mass is 19.4. The summed E-state index contributed by atoms with van der Waals surface area (Å²) in [5.41, 5.74) is 6.56. The Balaban J connectivity index is 1.56. The number of likely N-dealkylation sites (tertiary alicyclic amines) is 1. The summed E-state index contributed by atoms with van der Waals surface area (Å²) < 4.78 is 46.0. The van der Waals surface area contributed by atoms with E-state index in [0.717, 1.165) is 37.2 Å². The molecule has 0 aliphatic carbocycles. The van der Waals surface area contributed by atoms with Crippen molar-refractivity contribution in [1.29, 1.82) is 0 Å². The smallest absolute Gasteiger partial charge is 0.416 e. The lowest BCUT2D eigenvalue weighted by Crippen LogP contribution is -2.29. The number of carbonyl (C=O) groups is 1. The van der Waals surface area contributed by atoms with Gasteiger partial charge in [-0.1, -0.05) is 6.07 Å². The van der Waals surface area contributed by atoms with E-state index in [1.54, 1.807) is 36.4 Å². The molecule has 4 rings (SSSR count). The number of amides is 1. The fourth-order valence-corrected chi connectivity index (χ4v) is 3.99. The van der Waals surface area contributed by atoms with Gasteiger partial charge in [0.2, 0.25) is 0 Å². The maximum absolute atomic E-state index is 13.3. The molecule has 178 valence electrons. The van der Waals surface area contributed by atoms with Gasteiger partial charge in [0, 0.05) is 36.8 Å². The minimum atomic E-state index is -4.43. The highest BCUT2D eigenvalue weighted by Crippen LogP contribution is 2.35. The lowest BCUT2D eigenvalue weighted by atomic mass is 10.1. The van der Waals surface area contributed by atoms with Crippen LogP contribution in [0.25, 0.3) is 11.3 Å². The number of hydrogen-bond donors (Lipinski definition) is 2. The van der Waals surface area contributed by atoms with E-state index in [2.05, 4.69) is 15.2 Å². The van der Waals surface area contributed by atoms with Gasteiger partial charge in [0.05, 0.1) is 11.3 Å². The first kappa shape index (κ1) is 23.7. The number of alkyl halides is 3. The normalized spacial score (nSPS) is 16.5. The largest absolute Gasteiger partial charge is 0.457 e. The predicted molar refractivity (Wildman–Crippen MR) is 122 cm³/mol. The number of primary amides is 1. The minimum absolute atomic E-state index is 0.162. The third-order valence-electron chi connectivity index (χ3n) is 5.84. The molecule has 6 nitrogen and oxygen atoms in total. The maximum Gasteiger partial charge on any atom is 0.416 e. The molecule has 34 heavy (non-hydrogen) atoms. The zero-order chi connectivity index (χ0) is 24.3. The van der Waals surface area contributed by atoms with Crippen LogP contribution < -0.4 is 15.8 Å². The quantitative estimate of drug-likeness (QED) is 0.533. The Hall–Kier alpha value is -3.43. The highest BCUT2D eigenvalue weighted by Gasteiger charge is 2.32. The summed E-state index contributed by atoms with van der Waals surface area (Å²) in [5.74, 6) is 0.239. The molecule has 0 saturated carbocycles. The number of nitrogens with zero attached hydrogens (tertiary/aromatic N) is 2. The zero-order valence-electron chi connectivity index (χ0n) is 18.6. The van der Waals surface area contributed by atoms with Crippen LogP contribution in [0.1, 0.15) is 28.0 Å². The Bertz CT molecular complexity index is 1170. The standard InChI is InChI=1S/C25H25F3N4O2/c1-30-19-11-12-32(15-19)14-17-13-18(25(26,27)28)7-10-23(17)34-20-8-5-16(6-9-20)21-3-2-4-22(31-21)24(29)33/h2-10,13,19,30H,11-12,14-15H2,1H3,(H2,29,33). The number of nitrogens with one attached hydrogen (secondary N) is 1. The van der Waals surface area contributed by atoms with Crippen molar-refractivity contribution in [3.05, 3.63) is 77.5 Å². The molecule has 1 amide bonds. The molecular weight excluding hydrogens is 445 g/mol. The zero-order valence-corrected chi connectivity index (χ0v) is 18.6. The van der Waals surface area contributed by atoms with E-state index in [1.165, 1.54) is 12.1 Å². The molecule has 1 fully saturated rings. The van der Waals surface area contributed by atoms with Crippen LogP contribution in [0.2, 0.25) is 0 Å². The summed E-state index contributed by atoms with van der Waals surface area (Å²) in [6.07, 6.45) is -3.49. The monoisotopic (exact) mass is 470 g/mol. The number of ether oxygens (including phenoxy) is 1. The first-order valence-electron chi connectivity index (χ1n) is 10.9. The molecule has 1 aliphatic heterocycles. The summed E-state index contributed by atoms with van der Waals surface area (Å²) in [7, 11) is 1.89. The number of likely N-dealkylation sites (N-methyl/N-ethyl adjacent to an activating group) is 1. The van der Waals surface area contributed by atoms with Crippen molar-refractivity contribution in [2.75, 3.05) is 20.1 Å². The van der Waals surface area contributed by atoms with Crippen LogP contribution in [-0.2, 0) is 12.7 Å². The van der Waals surface area contributed by atoms with Gasteiger partial charge in [-0.3, -0.25) is 9.69 Å². The molecule has 1 aromatic heterocycles. The average molecular weight is 470 g/mol. The SMILES string of the molecule is CNC1CCN(Cc2cc(C(F)(F)F)ccc2Oc2ccc(-c3cccc(C(N)=O)n3)cc2)C1. The molecule has 1 aliphatic rings. The van der Waals surface area contributed by atoms with Crippen molar-refractivity contribution in [1.82, 2.24) is 15.2 Å². The van der Waals surface area contributed by atoms with Crippen LogP contribution in [0.15, 0.2) is 60.7 Å². The molecule has 9 heteroatoms. The summed E-state index contributed by atoms with van der Waals surface area (Å²) >= 11 is 0. The first-order valence-corrected chi connectivity index (χ1v) is 10.9. The molecule has 3 N–H and O–H groups in total. The van der Waals surface area contributed by atoms with Crippen LogP contribution in [0.3, 0.4) is 0 Å². The van der Waals surface area contributed by atoms with Gasteiger partial charge in [-0.15, -0.1) is 0 Å². The van der Waals surface area contributed by atoms with E-state index < -0.39 is 17.6 Å². The molecule has 3 aromatic rings. The van der Waals surface area contributed by atoms with Crippen molar-refractivity contribution in [3.8, 4) is 22.8 Å². The second-order valence-electron chi connectivity index (χ2n) is 8.23. The van der Waals surface area contributed by atoms with E-state index in [9.17, 15) is 18.0 Å². The number of pyridine rings is 1. The lowest BCUT2D eigenvalue weighted by molar-refractivity contribution is -0.137. The van der Waals surface area contributed by atoms with Crippen molar-refractivity contribution in [2.24, 2.45) is 5.73 Å². The molecular formula is C25H25F3N4O2. The first-order chi connectivity index (χ1) is 16.2. The molecule has 0 bridgehead atoms. The third-order valence-corrected chi connectivity index (χ3v) is 5.84. The molecule has 1 atom stereocenters. The van der Waals surface area contributed by atoms with Crippen molar-refractivity contribution in [2.45, 2.75) is 25.2 Å². The Kier molecular flexibility index (Phi) is 6.85. The van der Waals surface area contributed by atoms with Crippen LogP contribution >= 0.6 is 0 Å². The molecule has 1 saturated heterocycles. The Labute approximate surface area is 195 Å². The molecule has 0 radical (unpaired) electrons. The van der Waals surface area contributed by atoms with E-state index in [-0.39, 0.29) is 5.69 Å². The Morgan fingerprint density at radius 2 is 1.94 bits per heavy atom. The molecule has 1 unspecified atom stereocenters. The Morgan fingerprint density at radius 3 is 2.59 bits per heavy atom. The number of hydrogen-bond acceptors (Lipinski definition) is 5. The Morgan fingerprint density at radius 1 is 1.18 bits per heavy atom. The van der Waals surface area contributed by atoms with Gasteiger partial charge in [-0.05, 0) is 68.1 Å².